The zero-order valence-corrected chi connectivity index (χ0v) is 6.90. The third-order valence-corrected chi connectivity index (χ3v) is 1.80. The van der Waals surface area contributed by atoms with Crippen molar-refractivity contribution in [1.29, 1.82) is 0 Å². The molecule has 0 unspecified atom stereocenters. The van der Waals surface area contributed by atoms with Gasteiger partial charge in [-0.15, -0.1) is 0 Å². The van der Waals surface area contributed by atoms with Crippen molar-refractivity contribution in [3.63, 3.8) is 0 Å². The Hall–Kier alpha value is -1.29. The molecule has 0 fully saturated rings. The fraction of sp³-hybridized carbons (Fsp3) is 0.375. The van der Waals surface area contributed by atoms with E-state index in [0.29, 0.717) is 6.42 Å². The summed E-state index contributed by atoms with van der Waals surface area (Å²) in [5, 5.41) is 8.54. The molecular weight excluding hydrogens is 156 g/mol. The molecule has 0 saturated heterocycles. The van der Waals surface area contributed by atoms with Crippen LogP contribution in [0, 0.1) is 0 Å². The van der Waals surface area contributed by atoms with E-state index in [-0.39, 0.29) is 0 Å². The van der Waals surface area contributed by atoms with Crippen molar-refractivity contribution in [1.82, 2.24) is 4.57 Å². The molecule has 1 heterocycles. The number of aromatic nitrogens is 1. The van der Waals surface area contributed by atoms with E-state index >= 15 is 0 Å². The van der Waals surface area contributed by atoms with E-state index in [1.807, 2.05) is 29.9 Å². The van der Waals surface area contributed by atoms with Crippen LogP contribution >= 0.6 is 0 Å². The standard InChI is InChI=1S/C8H12N2O2/c1-10-4-2-3-6(10)5-7(9)8(11)12/h2-4,7H,5,9H2,1H3,(H,11,12)/t7-/m0/s1. The smallest absolute Gasteiger partial charge is 0.320 e. The normalized spacial score (nSPS) is 12.8. The van der Waals surface area contributed by atoms with E-state index in [1.54, 1.807) is 0 Å². The van der Waals surface area contributed by atoms with E-state index in [1.165, 1.54) is 0 Å². The van der Waals surface area contributed by atoms with Crippen LogP contribution in [0.3, 0.4) is 0 Å². The maximum absolute atomic E-state index is 10.4. The summed E-state index contributed by atoms with van der Waals surface area (Å²) in [6, 6.07) is 2.92. The highest BCUT2D eigenvalue weighted by Gasteiger charge is 2.12. The van der Waals surface area contributed by atoms with Gasteiger partial charge in [-0.3, -0.25) is 4.79 Å². The Labute approximate surface area is 70.6 Å². The summed E-state index contributed by atoms with van der Waals surface area (Å²) in [5.74, 6) is -0.962. The molecule has 4 nitrogen and oxygen atoms in total. The quantitative estimate of drug-likeness (QED) is 0.666. The zero-order chi connectivity index (χ0) is 9.14. The lowest BCUT2D eigenvalue weighted by molar-refractivity contribution is -0.138. The van der Waals surface area contributed by atoms with Crippen LogP contribution in [0.2, 0.25) is 0 Å². The minimum atomic E-state index is -0.962. The summed E-state index contributed by atoms with van der Waals surface area (Å²) in [4.78, 5) is 10.4. The van der Waals surface area contributed by atoms with Crippen LogP contribution in [0.5, 0.6) is 0 Å². The van der Waals surface area contributed by atoms with Crippen LogP contribution in [-0.2, 0) is 18.3 Å². The fourth-order valence-corrected chi connectivity index (χ4v) is 1.02. The Morgan fingerprint density at radius 3 is 2.92 bits per heavy atom. The molecule has 0 radical (unpaired) electrons. The first kappa shape index (κ1) is 8.80. The Morgan fingerprint density at radius 2 is 2.50 bits per heavy atom. The van der Waals surface area contributed by atoms with Crippen LogP contribution < -0.4 is 5.73 Å². The third-order valence-electron chi connectivity index (χ3n) is 1.80. The number of nitrogens with two attached hydrogens (primary N) is 1. The molecular formula is C8H12N2O2. The summed E-state index contributed by atoms with van der Waals surface area (Å²) < 4.78 is 1.86. The van der Waals surface area contributed by atoms with Gasteiger partial charge in [0.1, 0.15) is 6.04 Å². The van der Waals surface area contributed by atoms with Gasteiger partial charge in [0.05, 0.1) is 0 Å². The minimum Gasteiger partial charge on any atom is -0.480 e. The Morgan fingerprint density at radius 1 is 1.83 bits per heavy atom. The van der Waals surface area contributed by atoms with Crippen molar-refractivity contribution >= 4 is 5.97 Å². The number of hydrogen-bond acceptors (Lipinski definition) is 2. The summed E-state index contributed by atoms with van der Waals surface area (Å²) in [6.45, 7) is 0. The monoisotopic (exact) mass is 168 g/mol. The average molecular weight is 168 g/mol. The van der Waals surface area contributed by atoms with Crippen molar-refractivity contribution in [2.45, 2.75) is 12.5 Å². The van der Waals surface area contributed by atoms with Crippen molar-refractivity contribution in [3.05, 3.63) is 24.0 Å². The third kappa shape index (κ3) is 1.85. The molecule has 0 bridgehead atoms. The van der Waals surface area contributed by atoms with Gasteiger partial charge in [-0.05, 0) is 12.1 Å². The molecule has 0 aliphatic rings. The van der Waals surface area contributed by atoms with Gasteiger partial charge in [-0.2, -0.15) is 0 Å². The van der Waals surface area contributed by atoms with Crippen LogP contribution in [0.1, 0.15) is 5.69 Å². The largest absolute Gasteiger partial charge is 0.480 e. The SMILES string of the molecule is Cn1cccc1C[C@H](N)C(=O)O. The van der Waals surface area contributed by atoms with Crippen LogP contribution in [0.25, 0.3) is 0 Å². The molecule has 12 heavy (non-hydrogen) atoms. The van der Waals surface area contributed by atoms with E-state index in [2.05, 4.69) is 0 Å². The molecule has 1 aromatic rings. The molecule has 1 aromatic heterocycles. The number of aryl methyl sites for hydroxylation is 1. The summed E-state index contributed by atoms with van der Waals surface area (Å²) in [5.41, 5.74) is 6.30. The summed E-state index contributed by atoms with van der Waals surface area (Å²) in [7, 11) is 1.86. The number of aliphatic carboxylic acids is 1. The second-order valence-corrected chi connectivity index (χ2v) is 2.76. The first-order valence-electron chi connectivity index (χ1n) is 3.70. The predicted molar refractivity (Wildman–Crippen MR) is 44.7 cm³/mol. The Kier molecular flexibility index (Phi) is 2.50. The van der Waals surface area contributed by atoms with Crippen molar-refractivity contribution in [3.8, 4) is 0 Å². The molecule has 0 aliphatic heterocycles. The van der Waals surface area contributed by atoms with Gasteiger partial charge < -0.3 is 15.4 Å². The highest BCUT2D eigenvalue weighted by molar-refractivity contribution is 5.73. The van der Waals surface area contributed by atoms with E-state index in [4.69, 9.17) is 10.8 Å². The van der Waals surface area contributed by atoms with Gasteiger partial charge in [0, 0.05) is 25.4 Å². The Bertz CT molecular complexity index is 280. The van der Waals surface area contributed by atoms with Gasteiger partial charge in [0.2, 0.25) is 0 Å². The number of rotatable bonds is 3. The van der Waals surface area contributed by atoms with Gasteiger partial charge in [0.15, 0.2) is 0 Å². The van der Waals surface area contributed by atoms with Gasteiger partial charge in [0.25, 0.3) is 0 Å². The number of carboxylic acid groups (broad SMARTS) is 1. The molecule has 1 atom stereocenters. The fourth-order valence-electron chi connectivity index (χ4n) is 1.02. The molecule has 66 valence electrons. The maximum Gasteiger partial charge on any atom is 0.320 e. The van der Waals surface area contributed by atoms with Gasteiger partial charge in [-0.1, -0.05) is 0 Å². The number of carbonyl (C=O) groups is 1. The summed E-state index contributed by atoms with van der Waals surface area (Å²) in [6.07, 6.45) is 2.24. The first-order chi connectivity index (χ1) is 5.61. The second-order valence-electron chi connectivity index (χ2n) is 2.76. The molecule has 4 heteroatoms. The lowest BCUT2D eigenvalue weighted by Crippen LogP contribution is -2.32. The number of nitrogens with zero attached hydrogens (tertiary/aromatic N) is 1. The first-order valence-corrected chi connectivity index (χ1v) is 3.70. The lowest BCUT2D eigenvalue weighted by atomic mass is 10.2. The highest BCUT2D eigenvalue weighted by atomic mass is 16.4. The minimum absolute atomic E-state index is 0.374. The predicted octanol–water partition coefficient (Wildman–Crippen LogP) is -0.0205. The molecule has 0 aliphatic carbocycles. The maximum atomic E-state index is 10.4. The highest BCUT2D eigenvalue weighted by Crippen LogP contribution is 2.02. The van der Waals surface area contributed by atoms with E-state index < -0.39 is 12.0 Å². The van der Waals surface area contributed by atoms with Crippen molar-refractivity contribution in [2.24, 2.45) is 12.8 Å². The van der Waals surface area contributed by atoms with Crippen LogP contribution in [0.15, 0.2) is 18.3 Å². The van der Waals surface area contributed by atoms with Crippen LogP contribution in [-0.4, -0.2) is 21.7 Å². The Balaban J connectivity index is 2.64. The van der Waals surface area contributed by atoms with Gasteiger partial charge in [-0.25, -0.2) is 0 Å². The van der Waals surface area contributed by atoms with E-state index in [0.717, 1.165) is 5.69 Å². The average Bonchev–Trinajstić information content (AvgIpc) is 2.36. The molecule has 0 spiro atoms. The molecule has 0 aromatic carbocycles. The van der Waals surface area contributed by atoms with E-state index in [9.17, 15) is 4.79 Å². The zero-order valence-electron chi connectivity index (χ0n) is 6.90. The topological polar surface area (TPSA) is 68.2 Å². The summed E-state index contributed by atoms with van der Waals surface area (Å²) >= 11 is 0. The molecule has 1 rings (SSSR count). The van der Waals surface area contributed by atoms with Crippen molar-refractivity contribution < 1.29 is 9.90 Å². The van der Waals surface area contributed by atoms with Crippen LogP contribution in [0.4, 0.5) is 0 Å². The second kappa shape index (κ2) is 3.40. The molecule has 0 amide bonds. The van der Waals surface area contributed by atoms with Crippen molar-refractivity contribution in [2.75, 3.05) is 0 Å². The molecule has 3 N–H and O–H groups in total. The lowest BCUT2D eigenvalue weighted by Gasteiger charge is -2.06. The number of hydrogen-bond donors (Lipinski definition) is 2. The number of carboxylic acids is 1. The molecule has 0 saturated carbocycles. The van der Waals surface area contributed by atoms with Gasteiger partial charge >= 0.3 is 5.97 Å².